The molecule has 0 rings (SSSR count). The van der Waals surface area contributed by atoms with Crippen molar-refractivity contribution in [2.75, 3.05) is 26.2 Å². The lowest BCUT2D eigenvalue weighted by Gasteiger charge is -2.25. The van der Waals surface area contributed by atoms with Crippen molar-refractivity contribution >= 4 is 5.91 Å². The normalized spacial score (nSPS) is 15.4. The monoisotopic (exact) mass is 283 g/mol. The van der Waals surface area contributed by atoms with E-state index in [1.807, 2.05) is 26.1 Å². The van der Waals surface area contributed by atoms with Gasteiger partial charge in [0, 0.05) is 12.6 Å². The number of nitrogens with zero attached hydrogens (tertiary/aromatic N) is 1. The highest BCUT2D eigenvalue weighted by molar-refractivity contribution is 5.81. The smallest absolute Gasteiger partial charge is 0.346 e. The predicted octanol–water partition coefficient (Wildman–Crippen LogP) is 1.37. The van der Waals surface area contributed by atoms with Gasteiger partial charge < -0.3 is 15.5 Å². The summed E-state index contributed by atoms with van der Waals surface area (Å²) >= 11 is 0. The van der Waals surface area contributed by atoms with E-state index in [4.69, 9.17) is 0 Å². The first-order valence-corrected chi connectivity index (χ1v) is 6.52. The number of halogens is 3. The van der Waals surface area contributed by atoms with Crippen molar-refractivity contribution in [1.82, 2.24) is 15.5 Å². The number of alkyl halides is 3. The molecule has 19 heavy (non-hydrogen) atoms. The molecule has 0 aromatic carbocycles. The second-order valence-corrected chi connectivity index (χ2v) is 4.61. The zero-order chi connectivity index (χ0) is 15.1. The molecule has 0 aromatic rings. The third-order valence-corrected chi connectivity index (χ3v) is 2.82. The summed E-state index contributed by atoms with van der Waals surface area (Å²) in [6.07, 6.45) is -4.37. The fourth-order valence-corrected chi connectivity index (χ4v) is 1.76. The van der Waals surface area contributed by atoms with Gasteiger partial charge in [-0.2, -0.15) is 13.2 Å². The van der Waals surface area contributed by atoms with Crippen molar-refractivity contribution in [1.29, 1.82) is 0 Å². The SMILES string of the molecule is CCN(CC)CC(C)NC(C)C(=O)NCC(F)(F)F. The maximum absolute atomic E-state index is 12.0. The van der Waals surface area contributed by atoms with Gasteiger partial charge in [-0.15, -0.1) is 0 Å². The van der Waals surface area contributed by atoms with Gasteiger partial charge in [0.25, 0.3) is 0 Å². The van der Waals surface area contributed by atoms with E-state index in [1.54, 1.807) is 6.92 Å². The van der Waals surface area contributed by atoms with Crippen LogP contribution >= 0.6 is 0 Å². The molecule has 0 radical (unpaired) electrons. The molecule has 0 bridgehead atoms. The molecular weight excluding hydrogens is 259 g/mol. The van der Waals surface area contributed by atoms with Crippen molar-refractivity contribution < 1.29 is 18.0 Å². The number of amides is 1. The Hall–Kier alpha value is -0.820. The average Bonchev–Trinajstić information content (AvgIpc) is 2.31. The first-order valence-electron chi connectivity index (χ1n) is 6.52. The van der Waals surface area contributed by atoms with E-state index in [0.29, 0.717) is 0 Å². The third-order valence-electron chi connectivity index (χ3n) is 2.82. The molecule has 0 aliphatic heterocycles. The van der Waals surface area contributed by atoms with E-state index in [2.05, 4.69) is 10.2 Å². The number of likely N-dealkylation sites (N-methyl/N-ethyl adjacent to an activating group) is 1. The van der Waals surface area contributed by atoms with Crippen LogP contribution < -0.4 is 10.6 Å². The molecule has 2 atom stereocenters. The molecule has 2 N–H and O–H groups in total. The van der Waals surface area contributed by atoms with Gasteiger partial charge in [-0.05, 0) is 26.9 Å². The maximum Gasteiger partial charge on any atom is 0.405 e. The summed E-state index contributed by atoms with van der Waals surface area (Å²) in [5, 5.41) is 4.86. The minimum atomic E-state index is -4.37. The summed E-state index contributed by atoms with van der Waals surface area (Å²) in [6, 6.07) is -0.612. The van der Waals surface area contributed by atoms with Crippen LogP contribution in [0.1, 0.15) is 27.7 Å². The highest BCUT2D eigenvalue weighted by atomic mass is 19.4. The highest BCUT2D eigenvalue weighted by Crippen LogP contribution is 2.12. The second kappa shape index (κ2) is 8.37. The Morgan fingerprint density at radius 3 is 2.16 bits per heavy atom. The Kier molecular flexibility index (Phi) is 8.01. The minimum absolute atomic E-state index is 0.0338. The van der Waals surface area contributed by atoms with E-state index in [0.717, 1.165) is 19.6 Å². The van der Waals surface area contributed by atoms with E-state index < -0.39 is 24.7 Å². The van der Waals surface area contributed by atoms with Crippen LogP contribution in [0, 0.1) is 0 Å². The molecule has 0 aliphatic carbocycles. The molecule has 0 saturated heterocycles. The van der Waals surface area contributed by atoms with Gasteiger partial charge in [-0.25, -0.2) is 0 Å². The second-order valence-electron chi connectivity index (χ2n) is 4.61. The average molecular weight is 283 g/mol. The molecule has 7 heteroatoms. The number of carbonyl (C=O) groups excluding carboxylic acids is 1. The van der Waals surface area contributed by atoms with Crippen LogP contribution in [-0.2, 0) is 4.79 Å². The molecule has 0 heterocycles. The molecule has 0 spiro atoms. The fourth-order valence-electron chi connectivity index (χ4n) is 1.76. The first kappa shape index (κ1) is 18.2. The first-order chi connectivity index (χ1) is 8.69. The summed E-state index contributed by atoms with van der Waals surface area (Å²) in [5.74, 6) is -0.635. The van der Waals surface area contributed by atoms with E-state index in [1.165, 1.54) is 0 Å². The van der Waals surface area contributed by atoms with Crippen LogP contribution in [0.25, 0.3) is 0 Å². The topological polar surface area (TPSA) is 44.4 Å². The Morgan fingerprint density at radius 2 is 1.74 bits per heavy atom. The van der Waals surface area contributed by atoms with E-state index in [9.17, 15) is 18.0 Å². The molecule has 0 saturated carbocycles. The van der Waals surface area contributed by atoms with Gasteiger partial charge in [-0.3, -0.25) is 4.79 Å². The quantitative estimate of drug-likeness (QED) is 0.707. The lowest BCUT2D eigenvalue weighted by atomic mass is 10.2. The zero-order valence-electron chi connectivity index (χ0n) is 12.0. The number of carbonyl (C=O) groups is 1. The Labute approximate surface area is 112 Å². The summed E-state index contributed by atoms with van der Waals surface area (Å²) in [4.78, 5) is 13.6. The molecular formula is C12H24F3N3O. The van der Waals surface area contributed by atoms with Crippen molar-refractivity contribution in [2.24, 2.45) is 0 Å². The van der Waals surface area contributed by atoms with E-state index >= 15 is 0 Å². The summed E-state index contributed by atoms with van der Waals surface area (Å²) < 4.78 is 35.9. The lowest BCUT2D eigenvalue weighted by molar-refractivity contribution is -0.139. The third kappa shape index (κ3) is 8.83. The van der Waals surface area contributed by atoms with Crippen LogP contribution in [0.4, 0.5) is 13.2 Å². The predicted molar refractivity (Wildman–Crippen MR) is 68.9 cm³/mol. The number of hydrogen-bond donors (Lipinski definition) is 2. The van der Waals surface area contributed by atoms with Gasteiger partial charge >= 0.3 is 6.18 Å². The van der Waals surface area contributed by atoms with Crippen molar-refractivity contribution in [3.8, 4) is 0 Å². The summed E-state index contributed by atoms with van der Waals surface area (Å²) in [6.45, 7) is 8.81. The van der Waals surface area contributed by atoms with Gasteiger partial charge in [0.15, 0.2) is 0 Å². The van der Waals surface area contributed by atoms with Gasteiger partial charge in [0.1, 0.15) is 6.54 Å². The molecule has 4 nitrogen and oxygen atoms in total. The molecule has 1 amide bonds. The minimum Gasteiger partial charge on any atom is -0.346 e. The molecule has 2 unspecified atom stereocenters. The Morgan fingerprint density at radius 1 is 1.21 bits per heavy atom. The molecule has 0 fully saturated rings. The fraction of sp³-hybridized carbons (Fsp3) is 0.917. The van der Waals surface area contributed by atoms with E-state index in [-0.39, 0.29) is 6.04 Å². The molecule has 0 aromatic heterocycles. The van der Waals surface area contributed by atoms with Crippen LogP contribution in [0.15, 0.2) is 0 Å². The van der Waals surface area contributed by atoms with Crippen LogP contribution in [0.3, 0.4) is 0 Å². The molecule has 114 valence electrons. The Bertz CT molecular complexity index is 267. The summed E-state index contributed by atoms with van der Waals surface area (Å²) in [5.41, 5.74) is 0. The van der Waals surface area contributed by atoms with Gasteiger partial charge in [0.05, 0.1) is 6.04 Å². The maximum atomic E-state index is 12.0. The van der Waals surface area contributed by atoms with Crippen LogP contribution in [0.2, 0.25) is 0 Å². The Balaban J connectivity index is 4.07. The van der Waals surface area contributed by atoms with Crippen LogP contribution in [-0.4, -0.2) is 55.2 Å². The van der Waals surface area contributed by atoms with Crippen molar-refractivity contribution in [3.63, 3.8) is 0 Å². The number of hydrogen-bond acceptors (Lipinski definition) is 3. The van der Waals surface area contributed by atoms with Crippen LogP contribution in [0.5, 0.6) is 0 Å². The molecule has 0 aliphatic rings. The largest absolute Gasteiger partial charge is 0.405 e. The van der Waals surface area contributed by atoms with Crippen molar-refractivity contribution in [3.05, 3.63) is 0 Å². The van der Waals surface area contributed by atoms with Crippen molar-refractivity contribution in [2.45, 2.75) is 46.0 Å². The van der Waals surface area contributed by atoms with Gasteiger partial charge in [0.2, 0.25) is 5.91 Å². The number of nitrogens with one attached hydrogen (secondary N) is 2. The lowest BCUT2D eigenvalue weighted by Crippen LogP contribution is -2.50. The highest BCUT2D eigenvalue weighted by Gasteiger charge is 2.28. The standard InChI is InChI=1S/C12H24F3N3O/c1-5-18(6-2)7-9(3)17-10(4)11(19)16-8-12(13,14)15/h9-10,17H,5-8H2,1-4H3,(H,16,19). The zero-order valence-corrected chi connectivity index (χ0v) is 12.0. The number of rotatable bonds is 8. The summed E-state index contributed by atoms with van der Waals surface area (Å²) in [7, 11) is 0. The van der Waals surface area contributed by atoms with Gasteiger partial charge in [-0.1, -0.05) is 13.8 Å².